The lowest BCUT2D eigenvalue weighted by atomic mass is 9.55. The zero-order valence-corrected chi connectivity index (χ0v) is 25.4. The summed E-state index contributed by atoms with van der Waals surface area (Å²) in [7, 11) is 0. The molecule has 6 aromatic carbocycles. The molecule has 0 saturated heterocycles. The molecular formula is C42H37N. The van der Waals surface area contributed by atoms with Gasteiger partial charge >= 0.3 is 0 Å². The third kappa shape index (κ3) is 4.57. The van der Waals surface area contributed by atoms with Gasteiger partial charge in [0.15, 0.2) is 0 Å². The fourth-order valence-electron chi connectivity index (χ4n) is 6.69. The van der Waals surface area contributed by atoms with Crippen LogP contribution in [0.4, 0.5) is 17.1 Å². The lowest BCUT2D eigenvalue weighted by Gasteiger charge is -2.48. The first-order chi connectivity index (χ1) is 20.8. The first-order valence-corrected chi connectivity index (χ1v) is 15.2. The Morgan fingerprint density at radius 1 is 0.349 bits per heavy atom. The minimum absolute atomic E-state index is 0.0192. The summed E-state index contributed by atoms with van der Waals surface area (Å²) in [5.41, 5.74) is 13.9. The molecule has 0 radical (unpaired) electrons. The van der Waals surface area contributed by atoms with Crippen LogP contribution in [-0.2, 0) is 10.8 Å². The minimum Gasteiger partial charge on any atom is -0.311 e. The molecule has 0 bridgehead atoms. The van der Waals surface area contributed by atoms with Gasteiger partial charge in [-0.2, -0.15) is 0 Å². The van der Waals surface area contributed by atoms with Crippen LogP contribution < -0.4 is 4.90 Å². The van der Waals surface area contributed by atoms with E-state index >= 15 is 0 Å². The molecule has 0 aromatic heterocycles. The fourth-order valence-corrected chi connectivity index (χ4v) is 6.69. The number of anilines is 3. The first kappa shape index (κ1) is 27.0. The van der Waals surface area contributed by atoms with Crippen LogP contribution in [0.25, 0.3) is 33.4 Å². The van der Waals surface area contributed by atoms with Gasteiger partial charge in [0.25, 0.3) is 0 Å². The fraction of sp³-hybridized carbons (Fsp3) is 0.143. The van der Waals surface area contributed by atoms with Crippen molar-refractivity contribution in [2.75, 3.05) is 4.90 Å². The van der Waals surface area contributed by atoms with Gasteiger partial charge in [0.05, 0.1) is 0 Å². The van der Waals surface area contributed by atoms with Crippen molar-refractivity contribution in [1.29, 1.82) is 0 Å². The van der Waals surface area contributed by atoms with E-state index in [-0.39, 0.29) is 10.8 Å². The van der Waals surface area contributed by atoms with Crippen LogP contribution in [0.15, 0.2) is 152 Å². The Morgan fingerprint density at radius 3 is 1.37 bits per heavy atom. The number of rotatable bonds is 5. The molecule has 0 heterocycles. The van der Waals surface area contributed by atoms with Gasteiger partial charge in [-0.1, -0.05) is 137 Å². The van der Waals surface area contributed by atoms with Crippen molar-refractivity contribution in [1.82, 2.24) is 0 Å². The summed E-state index contributed by atoms with van der Waals surface area (Å²) < 4.78 is 0. The lowest BCUT2D eigenvalue weighted by Crippen LogP contribution is -2.43. The van der Waals surface area contributed by atoms with Gasteiger partial charge < -0.3 is 4.90 Å². The van der Waals surface area contributed by atoms with E-state index in [1.54, 1.807) is 0 Å². The number of hydrogen-bond donors (Lipinski definition) is 0. The molecule has 1 heteroatoms. The molecule has 0 saturated carbocycles. The second-order valence-corrected chi connectivity index (χ2v) is 12.7. The standard InChI is InChI=1S/C42H37N/c1-41(2)39-18-12-11-17-37(39)38-29-33(23-28-40(38)42(41,3)4)32-21-26-36(27-22-32)43(34-15-9-6-10-16-34)35-24-19-31(20-25-35)30-13-7-5-8-14-30/h5-29H,1-4H3. The van der Waals surface area contributed by atoms with Crippen LogP contribution in [0.1, 0.15) is 38.8 Å². The van der Waals surface area contributed by atoms with E-state index in [2.05, 4.69) is 184 Å². The molecule has 0 spiro atoms. The molecule has 1 aliphatic rings. The Bertz CT molecular complexity index is 1880. The molecule has 0 N–H and O–H groups in total. The van der Waals surface area contributed by atoms with Gasteiger partial charge in [0, 0.05) is 17.1 Å². The van der Waals surface area contributed by atoms with Crippen molar-refractivity contribution in [3.8, 4) is 33.4 Å². The molecule has 0 unspecified atom stereocenters. The van der Waals surface area contributed by atoms with Crippen LogP contribution in [0, 0.1) is 0 Å². The molecule has 6 aromatic rings. The Labute approximate surface area is 256 Å². The molecule has 0 aliphatic heterocycles. The van der Waals surface area contributed by atoms with Gasteiger partial charge in [-0.3, -0.25) is 0 Å². The summed E-state index contributed by atoms with van der Waals surface area (Å²) in [6.07, 6.45) is 0. The lowest BCUT2D eigenvalue weighted by molar-refractivity contribution is 0.299. The number of benzene rings is 6. The van der Waals surface area contributed by atoms with Gasteiger partial charge in [0.2, 0.25) is 0 Å². The highest BCUT2D eigenvalue weighted by atomic mass is 15.1. The summed E-state index contributed by atoms with van der Waals surface area (Å²) in [5, 5.41) is 0. The highest BCUT2D eigenvalue weighted by molar-refractivity contribution is 5.83. The predicted octanol–water partition coefficient (Wildman–Crippen LogP) is 11.7. The van der Waals surface area contributed by atoms with Crippen molar-refractivity contribution >= 4 is 17.1 Å². The molecule has 0 fully saturated rings. The summed E-state index contributed by atoms with van der Waals surface area (Å²) in [6, 6.07) is 55.0. The number of para-hydroxylation sites is 1. The van der Waals surface area contributed by atoms with E-state index in [0.717, 1.165) is 17.1 Å². The van der Waals surface area contributed by atoms with Crippen LogP contribution in [0.2, 0.25) is 0 Å². The highest BCUT2D eigenvalue weighted by Crippen LogP contribution is 2.54. The molecule has 43 heavy (non-hydrogen) atoms. The summed E-state index contributed by atoms with van der Waals surface area (Å²) in [6.45, 7) is 9.55. The van der Waals surface area contributed by atoms with Crippen molar-refractivity contribution in [2.45, 2.75) is 38.5 Å². The van der Waals surface area contributed by atoms with Crippen molar-refractivity contribution in [3.63, 3.8) is 0 Å². The Balaban J connectivity index is 1.26. The Kier molecular flexibility index (Phi) is 6.55. The number of nitrogens with zero attached hydrogens (tertiary/aromatic N) is 1. The van der Waals surface area contributed by atoms with E-state index in [4.69, 9.17) is 0 Å². The van der Waals surface area contributed by atoms with Crippen LogP contribution in [0.5, 0.6) is 0 Å². The van der Waals surface area contributed by atoms with Gasteiger partial charge in [0.1, 0.15) is 0 Å². The molecule has 7 rings (SSSR count). The van der Waals surface area contributed by atoms with Gasteiger partial charge in [-0.15, -0.1) is 0 Å². The Morgan fingerprint density at radius 2 is 0.767 bits per heavy atom. The van der Waals surface area contributed by atoms with E-state index in [1.807, 2.05) is 0 Å². The first-order valence-electron chi connectivity index (χ1n) is 15.2. The van der Waals surface area contributed by atoms with Crippen molar-refractivity contribution in [2.24, 2.45) is 0 Å². The third-order valence-electron chi connectivity index (χ3n) is 9.85. The quantitative estimate of drug-likeness (QED) is 0.204. The zero-order valence-electron chi connectivity index (χ0n) is 25.4. The minimum atomic E-state index is 0.0192. The third-order valence-corrected chi connectivity index (χ3v) is 9.85. The van der Waals surface area contributed by atoms with E-state index in [1.165, 1.54) is 44.5 Å². The summed E-state index contributed by atoms with van der Waals surface area (Å²) in [5.74, 6) is 0. The van der Waals surface area contributed by atoms with Gasteiger partial charge in [-0.25, -0.2) is 0 Å². The largest absolute Gasteiger partial charge is 0.311 e. The highest BCUT2D eigenvalue weighted by Gasteiger charge is 2.45. The van der Waals surface area contributed by atoms with E-state index in [9.17, 15) is 0 Å². The van der Waals surface area contributed by atoms with E-state index in [0.29, 0.717) is 0 Å². The number of hydrogen-bond acceptors (Lipinski definition) is 1. The maximum atomic E-state index is 2.40. The van der Waals surface area contributed by atoms with Crippen LogP contribution >= 0.6 is 0 Å². The second-order valence-electron chi connectivity index (χ2n) is 12.7. The van der Waals surface area contributed by atoms with Gasteiger partial charge in [-0.05, 0) is 97.8 Å². The SMILES string of the molecule is CC1(C)c2ccccc2-c2cc(-c3ccc(N(c4ccccc4)c4ccc(-c5ccccc5)cc4)cc3)ccc2C1(C)C. The molecule has 1 aliphatic carbocycles. The van der Waals surface area contributed by atoms with Crippen LogP contribution in [-0.4, -0.2) is 0 Å². The normalized spacial score (nSPS) is 14.4. The molecular weight excluding hydrogens is 518 g/mol. The zero-order chi connectivity index (χ0) is 29.6. The summed E-state index contributed by atoms with van der Waals surface area (Å²) in [4.78, 5) is 2.33. The molecule has 0 amide bonds. The van der Waals surface area contributed by atoms with Crippen molar-refractivity contribution in [3.05, 3.63) is 163 Å². The smallest absolute Gasteiger partial charge is 0.0462 e. The second kappa shape index (κ2) is 10.4. The van der Waals surface area contributed by atoms with Crippen molar-refractivity contribution < 1.29 is 0 Å². The van der Waals surface area contributed by atoms with E-state index < -0.39 is 0 Å². The monoisotopic (exact) mass is 555 g/mol. The average Bonchev–Trinajstić information content (AvgIpc) is 3.05. The average molecular weight is 556 g/mol. The summed E-state index contributed by atoms with van der Waals surface area (Å²) >= 11 is 0. The predicted molar refractivity (Wildman–Crippen MR) is 183 cm³/mol. The molecule has 210 valence electrons. The Hall–Kier alpha value is -4.88. The maximum Gasteiger partial charge on any atom is 0.0462 e. The number of fused-ring (bicyclic) bond motifs is 3. The molecule has 0 atom stereocenters. The molecule has 1 nitrogen and oxygen atoms in total. The maximum absolute atomic E-state index is 2.40. The topological polar surface area (TPSA) is 3.24 Å². The van der Waals surface area contributed by atoms with Crippen LogP contribution in [0.3, 0.4) is 0 Å².